The van der Waals surface area contributed by atoms with Crippen LogP contribution in [0.3, 0.4) is 0 Å². The average Bonchev–Trinajstić information content (AvgIpc) is 2.03. The number of carboxylic acids is 1. The molecule has 0 bridgehead atoms. The molecule has 0 aromatic carbocycles. The van der Waals surface area contributed by atoms with Crippen molar-refractivity contribution in [2.45, 2.75) is 38.3 Å². The summed E-state index contributed by atoms with van der Waals surface area (Å²) in [5.74, 6) is -0.826. The minimum absolute atomic E-state index is 0.433. The Bertz CT molecular complexity index is 213. The zero-order valence-corrected chi connectivity index (χ0v) is 9.92. The molecule has 0 heterocycles. The molecule has 4 nitrogen and oxygen atoms in total. The Hall–Kier alpha value is -0.610. The fourth-order valence-corrected chi connectivity index (χ4v) is 1.33. The second-order valence-electron chi connectivity index (χ2n) is 4.61. The van der Waals surface area contributed by atoms with E-state index in [1.807, 2.05) is 13.8 Å². The highest BCUT2D eigenvalue weighted by atomic mass is 16.5. The molecule has 84 valence electrons. The highest BCUT2D eigenvalue weighted by molar-refractivity contribution is 5.78. The molecule has 0 aromatic heterocycles. The molecule has 1 atom stereocenters. The lowest BCUT2D eigenvalue weighted by atomic mass is 9.87. The minimum atomic E-state index is -0.889. The zero-order chi connectivity index (χ0) is 11.6. The van der Waals surface area contributed by atoms with Crippen molar-refractivity contribution in [1.82, 2.24) is 4.90 Å². The Balaban J connectivity index is 4.79. The second kappa shape index (κ2) is 4.28. The molecule has 0 saturated carbocycles. The van der Waals surface area contributed by atoms with Crippen LogP contribution in [0, 0.1) is 0 Å². The number of carbonyl (C=O) groups is 1. The van der Waals surface area contributed by atoms with Gasteiger partial charge in [-0.1, -0.05) is 0 Å². The van der Waals surface area contributed by atoms with Crippen LogP contribution in [0.5, 0.6) is 0 Å². The van der Waals surface area contributed by atoms with Crippen molar-refractivity contribution in [2.75, 3.05) is 21.2 Å². The predicted octanol–water partition coefficient (Wildman–Crippen LogP) is 1.21. The van der Waals surface area contributed by atoms with Crippen molar-refractivity contribution >= 4 is 5.97 Å². The van der Waals surface area contributed by atoms with Gasteiger partial charge in [0.25, 0.3) is 0 Å². The molecule has 0 rings (SSSR count). The Morgan fingerprint density at radius 1 is 1.36 bits per heavy atom. The lowest BCUT2D eigenvalue weighted by molar-refractivity contribution is -0.153. The topological polar surface area (TPSA) is 49.8 Å². The fraction of sp³-hybridized carbons (Fsp3) is 0.900. The number of aliphatic carboxylic acids is 1. The molecular formula is C10H21NO3. The summed E-state index contributed by atoms with van der Waals surface area (Å²) in [6, 6.07) is 0. The molecule has 0 radical (unpaired) electrons. The van der Waals surface area contributed by atoms with E-state index in [0.717, 1.165) is 0 Å². The summed E-state index contributed by atoms with van der Waals surface area (Å²) in [6.45, 7) is 5.48. The van der Waals surface area contributed by atoms with Crippen molar-refractivity contribution in [3.05, 3.63) is 0 Å². The second-order valence-corrected chi connectivity index (χ2v) is 4.61. The number of likely N-dealkylation sites (N-methyl/N-ethyl adjacent to an activating group) is 1. The number of methoxy groups -OCH3 is 1. The quantitative estimate of drug-likeness (QED) is 0.729. The Morgan fingerprint density at radius 3 is 2.00 bits per heavy atom. The van der Waals surface area contributed by atoms with E-state index >= 15 is 0 Å². The first kappa shape index (κ1) is 13.4. The highest BCUT2D eigenvalue weighted by Crippen LogP contribution is 2.26. The van der Waals surface area contributed by atoms with E-state index < -0.39 is 17.1 Å². The van der Waals surface area contributed by atoms with Gasteiger partial charge in [-0.15, -0.1) is 0 Å². The molecule has 0 saturated heterocycles. The van der Waals surface area contributed by atoms with E-state index in [0.29, 0.717) is 6.42 Å². The van der Waals surface area contributed by atoms with Crippen LogP contribution in [-0.2, 0) is 9.53 Å². The van der Waals surface area contributed by atoms with Crippen molar-refractivity contribution < 1.29 is 14.6 Å². The van der Waals surface area contributed by atoms with Gasteiger partial charge in [0.2, 0.25) is 0 Å². The van der Waals surface area contributed by atoms with Crippen LogP contribution in [0.2, 0.25) is 0 Å². The molecule has 1 unspecified atom stereocenters. The molecule has 4 heteroatoms. The van der Waals surface area contributed by atoms with E-state index in [1.54, 1.807) is 33.0 Å². The van der Waals surface area contributed by atoms with Gasteiger partial charge >= 0.3 is 5.97 Å². The summed E-state index contributed by atoms with van der Waals surface area (Å²) >= 11 is 0. The number of ether oxygens (including phenoxy) is 1. The Morgan fingerprint density at radius 2 is 1.79 bits per heavy atom. The molecule has 0 aliphatic rings. The summed E-state index contributed by atoms with van der Waals surface area (Å²) in [7, 11) is 5.12. The zero-order valence-electron chi connectivity index (χ0n) is 9.92. The standard InChI is InChI=1S/C10H21NO3/c1-9(2,14-6)7-10(3,8(12)13)11(4)5/h7H2,1-6H3,(H,12,13). The number of carboxylic acid groups (broad SMARTS) is 1. The first-order chi connectivity index (χ1) is 6.15. The summed E-state index contributed by atoms with van der Waals surface area (Å²) in [4.78, 5) is 12.9. The lowest BCUT2D eigenvalue weighted by Gasteiger charge is -2.38. The number of hydrogen-bond acceptors (Lipinski definition) is 3. The van der Waals surface area contributed by atoms with Gasteiger partial charge < -0.3 is 9.84 Å². The van der Waals surface area contributed by atoms with Crippen molar-refractivity contribution in [2.24, 2.45) is 0 Å². The minimum Gasteiger partial charge on any atom is -0.480 e. The third kappa shape index (κ3) is 2.96. The predicted molar refractivity (Wildman–Crippen MR) is 55.4 cm³/mol. The van der Waals surface area contributed by atoms with Gasteiger partial charge in [0.15, 0.2) is 0 Å². The van der Waals surface area contributed by atoms with Crippen LogP contribution in [0.15, 0.2) is 0 Å². The summed E-state index contributed by atoms with van der Waals surface area (Å²) in [5, 5.41) is 9.16. The van der Waals surface area contributed by atoms with Gasteiger partial charge in [0.1, 0.15) is 5.54 Å². The summed E-state index contributed by atoms with van der Waals surface area (Å²) in [5.41, 5.74) is -1.32. The van der Waals surface area contributed by atoms with E-state index in [4.69, 9.17) is 9.84 Å². The van der Waals surface area contributed by atoms with Crippen LogP contribution in [0.25, 0.3) is 0 Å². The Labute approximate surface area is 85.9 Å². The number of hydrogen-bond donors (Lipinski definition) is 1. The molecule has 1 N–H and O–H groups in total. The average molecular weight is 203 g/mol. The van der Waals surface area contributed by atoms with E-state index in [1.165, 1.54) is 0 Å². The van der Waals surface area contributed by atoms with Crippen LogP contribution in [0.1, 0.15) is 27.2 Å². The monoisotopic (exact) mass is 203 g/mol. The maximum atomic E-state index is 11.2. The van der Waals surface area contributed by atoms with E-state index in [-0.39, 0.29) is 0 Å². The third-order valence-electron chi connectivity index (χ3n) is 2.77. The molecule has 0 fully saturated rings. The van der Waals surface area contributed by atoms with E-state index in [2.05, 4.69) is 0 Å². The van der Waals surface area contributed by atoms with Crippen LogP contribution in [0.4, 0.5) is 0 Å². The molecule has 14 heavy (non-hydrogen) atoms. The maximum absolute atomic E-state index is 11.2. The first-order valence-electron chi connectivity index (χ1n) is 4.62. The SMILES string of the molecule is COC(C)(C)CC(C)(C(=O)O)N(C)C. The summed E-state index contributed by atoms with van der Waals surface area (Å²) in [6.07, 6.45) is 0.443. The van der Waals surface area contributed by atoms with Gasteiger partial charge in [0.05, 0.1) is 5.60 Å². The van der Waals surface area contributed by atoms with Crippen LogP contribution >= 0.6 is 0 Å². The number of nitrogens with zero attached hydrogens (tertiary/aromatic N) is 1. The first-order valence-corrected chi connectivity index (χ1v) is 4.62. The van der Waals surface area contributed by atoms with Crippen molar-refractivity contribution in [3.8, 4) is 0 Å². The molecule has 0 amide bonds. The van der Waals surface area contributed by atoms with E-state index in [9.17, 15) is 4.79 Å². The number of rotatable bonds is 5. The normalized spacial score (nSPS) is 16.8. The molecule has 0 aliphatic heterocycles. The van der Waals surface area contributed by atoms with Gasteiger partial charge in [-0.25, -0.2) is 0 Å². The smallest absolute Gasteiger partial charge is 0.323 e. The lowest BCUT2D eigenvalue weighted by Crippen LogP contribution is -2.52. The molecular weight excluding hydrogens is 182 g/mol. The Kier molecular flexibility index (Phi) is 4.09. The van der Waals surface area contributed by atoms with Crippen molar-refractivity contribution in [1.29, 1.82) is 0 Å². The largest absolute Gasteiger partial charge is 0.480 e. The maximum Gasteiger partial charge on any atom is 0.323 e. The molecule has 0 aliphatic carbocycles. The highest BCUT2D eigenvalue weighted by Gasteiger charge is 2.40. The fourth-order valence-electron chi connectivity index (χ4n) is 1.33. The van der Waals surface area contributed by atoms with Gasteiger partial charge in [-0.3, -0.25) is 9.69 Å². The molecule has 0 aromatic rings. The van der Waals surface area contributed by atoms with Gasteiger partial charge in [-0.05, 0) is 34.9 Å². The van der Waals surface area contributed by atoms with Crippen molar-refractivity contribution in [3.63, 3.8) is 0 Å². The third-order valence-corrected chi connectivity index (χ3v) is 2.77. The van der Waals surface area contributed by atoms with Crippen LogP contribution in [-0.4, -0.2) is 48.3 Å². The summed E-state index contributed by atoms with van der Waals surface area (Å²) < 4.78 is 5.24. The van der Waals surface area contributed by atoms with Gasteiger partial charge in [0, 0.05) is 13.5 Å². The molecule has 0 spiro atoms. The van der Waals surface area contributed by atoms with Gasteiger partial charge in [-0.2, -0.15) is 0 Å². The van der Waals surface area contributed by atoms with Crippen LogP contribution < -0.4 is 0 Å².